The Kier molecular flexibility index (Phi) is 9.19. The molecule has 0 spiro atoms. The molecule has 7 rings (SSSR count). The molecule has 3 aliphatic rings. The predicted molar refractivity (Wildman–Crippen MR) is 184 cm³/mol. The molecular formula is C37H44FN5O6. The molecule has 3 saturated heterocycles. The van der Waals surface area contributed by atoms with Crippen LogP contribution >= 0.6 is 0 Å². The molecule has 11 nitrogen and oxygen atoms in total. The van der Waals surface area contributed by atoms with Crippen LogP contribution in [0.2, 0.25) is 0 Å². The Labute approximate surface area is 285 Å². The number of pyridine rings is 1. The largest absolute Gasteiger partial charge is 0.465 e. The summed E-state index contributed by atoms with van der Waals surface area (Å²) in [6, 6.07) is 9.63. The molecule has 1 N–H and O–H groups in total. The molecule has 3 fully saturated rings. The van der Waals surface area contributed by atoms with Gasteiger partial charge in [0.1, 0.15) is 35.0 Å². The molecule has 1 amide bonds. The van der Waals surface area contributed by atoms with Gasteiger partial charge in [0, 0.05) is 31.3 Å². The van der Waals surface area contributed by atoms with E-state index in [0.717, 1.165) is 54.9 Å². The highest BCUT2D eigenvalue weighted by Crippen LogP contribution is 2.41. The van der Waals surface area contributed by atoms with E-state index in [1.165, 1.54) is 0 Å². The van der Waals surface area contributed by atoms with Gasteiger partial charge < -0.3 is 29.0 Å². The van der Waals surface area contributed by atoms with Crippen LogP contribution in [0.25, 0.3) is 32.9 Å². The number of rotatable bonds is 8. The molecule has 12 heteroatoms. The first-order valence-electron chi connectivity index (χ1n) is 17.3. The molecule has 0 aliphatic carbocycles. The normalized spacial score (nSPS) is 21.0. The van der Waals surface area contributed by atoms with Gasteiger partial charge in [0.05, 0.1) is 30.7 Å². The molecule has 2 aromatic heterocycles. The molecule has 5 heterocycles. The van der Waals surface area contributed by atoms with Crippen LogP contribution in [0.4, 0.5) is 15.0 Å². The van der Waals surface area contributed by atoms with Crippen molar-refractivity contribution in [1.29, 1.82) is 0 Å². The third-order valence-electron chi connectivity index (χ3n) is 9.43. The molecule has 3 aliphatic heterocycles. The van der Waals surface area contributed by atoms with Crippen molar-refractivity contribution in [2.45, 2.75) is 90.2 Å². The smallest absolute Gasteiger partial charge is 0.410 e. The van der Waals surface area contributed by atoms with Gasteiger partial charge in [0.25, 0.3) is 0 Å². The van der Waals surface area contributed by atoms with E-state index < -0.39 is 11.4 Å². The van der Waals surface area contributed by atoms with Crippen LogP contribution in [0, 0.1) is 5.82 Å². The summed E-state index contributed by atoms with van der Waals surface area (Å²) in [6.45, 7) is 8.98. The lowest BCUT2D eigenvalue weighted by atomic mass is 9.95. The highest BCUT2D eigenvalue weighted by molar-refractivity contribution is 6.01. The lowest BCUT2D eigenvalue weighted by molar-refractivity contribution is -0.105. The second-order valence-corrected chi connectivity index (χ2v) is 14.0. The van der Waals surface area contributed by atoms with Gasteiger partial charge in [-0.05, 0) is 81.3 Å². The van der Waals surface area contributed by atoms with Gasteiger partial charge in [0.2, 0.25) is 0 Å². The summed E-state index contributed by atoms with van der Waals surface area (Å²) in [4.78, 5) is 31.0. The minimum Gasteiger partial charge on any atom is -0.465 e. The highest BCUT2D eigenvalue weighted by atomic mass is 19.1. The molecule has 0 saturated carbocycles. The van der Waals surface area contributed by atoms with E-state index in [0.29, 0.717) is 42.2 Å². The van der Waals surface area contributed by atoms with Gasteiger partial charge in [0.15, 0.2) is 12.1 Å². The van der Waals surface area contributed by atoms with E-state index >= 15 is 4.39 Å². The van der Waals surface area contributed by atoms with Crippen LogP contribution in [0.15, 0.2) is 36.5 Å². The lowest BCUT2D eigenvalue weighted by Crippen LogP contribution is -2.57. The lowest BCUT2D eigenvalue weighted by Gasteiger charge is -2.42. The fourth-order valence-corrected chi connectivity index (χ4v) is 7.32. The number of amides is 1. The number of anilines is 1. The number of aromatic nitrogens is 3. The summed E-state index contributed by atoms with van der Waals surface area (Å²) in [5.41, 5.74) is 1.26. The second-order valence-electron chi connectivity index (χ2n) is 14.0. The minimum atomic E-state index is -0.608. The quantitative estimate of drug-likeness (QED) is 0.225. The summed E-state index contributed by atoms with van der Waals surface area (Å²) in [6.07, 6.45) is 6.14. The van der Waals surface area contributed by atoms with Crippen LogP contribution in [0.1, 0.15) is 65.4 Å². The van der Waals surface area contributed by atoms with Gasteiger partial charge in [-0.3, -0.25) is 9.88 Å². The molecule has 2 aromatic carbocycles. The maximum absolute atomic E-state index is 17.0. The fraction of sp³-hybridized carbons (Fsp3) is 0.514. The standard InChI is InChI=1S/C37H44FN5O6/c1-5-22-9-8-10-23-17-26(48-29-11-6-7-15-46-29)18-27(30(22)23)32-31(38)33-28(19-39-32)34(41-35(40-33)47-16-14-44)42-20-24-12-13-25(21-42)43(24)36(45)49-37(2,3)4/h8-10,17-19,24-25,29,44H,5-7,11-16,20-21H2,1-4H3. The predicted octanol–water partition coefficient (Wildman–Crippen LogP) is 6.41. The van der Waals surface area contributed by atoms with Gasteiger partial charge in [-0.1, -0.05) is 25.1 Å². The van der Waals surface area contributed by atoms with Crippen molar-refractivity contribution >= 4 is 33.6 Å². The van der Waals surface area contributed by atoms with Crippen LogP contribution < -0.4 is 14.4 Å². The number of fused-ring (bicyclic) bond motifs is 4. The number of aliphatic hydroxyl groups excluding tert-OH is 1. The SMILES string of the molecule is CCc1cccc2cc(OC3CCCCO3)cc(-c3ncc4c(N5CC6CCC(C5)N6C(=O)OC(C)(C)C)nc(OCCO)nc4c3F)c12. The monoisotopic (exact) mass is 673 g/mol. The average molecular weight is 674 g/mol. The minimum absolute atomic E-state index is 0.0415. The number of nitrogens with zero attached hydrogens (tertiary/aromatic N) is 5. The van der Waals surface area contributed by atoms with Crippen molar-refractivity contribution in [3.63, 3.8) is 0 Å². The van der Waals surface area contributed by atoms with Gasteiger partial charge in [-0.2, -0.15) is 9.97 Å². The number of benzene rings is 2. The number of carbonyl (C=O) groups is 1. The van der Waals surface area contributed by atoms with Gasteiger partial charge >= 0.3 is 12.1 Å². The summed E-state index contributed by atoms with van der Waals surface area (Å²) >= 11 is 0. The third kappa shape index (κ3) is 6.68. The fourth-order valence-electron chi connectivity index (χ4n) is 7.32. The molecular weight excluding hydrogens is 629 g/mol. The van der Waals surface area contributed by atoms with Crippen LogP contribution in [-0.4, -0.2) is 87.9 Å². The maximum atomic E-state index is 17.0. The van der Waals surface area contributed by atoms with Crippen molar-refractivity contribution in [1.82, 2.24) is 19.9 Å². The summed E-state index contributed by atoms with van der Waals surface area (Å²) in [5, 5.41) is 11.7. The topological polar surface area (TPSA) is 119 Å². The van der Waals surface area contributed by atoms with Crippen molar-refractivity contribution in [3.05, 3.63) is 47.9 Å². The van der Waals surface area contributed by atoms with E-state index in [-0.39, 0.29) is 54.9 Å². The first kappa shape index (κ1) is 33.2. The number of piperazine rings is 1. The first-order valence-corrected chi connectivity index (χ1v) is 17.3. The van der Waals surface area contributed by atoms with E-state index in [1.807, 2.05) is 56.0 Å². The van der Waals surface area contributed by atoms with E-state index in [1.54, 1.807) is 6.20 Å². The molecule has 3 atom stereocenters. The van der Waals surface area contributed by atoms with Crippen LogP contribution in [0.5, 0.6) is 11.8 Å². The number of hydrogen-bond donors (Lipinski definition) is 1. The zero-order chi connectivity index (χ0) is 34.3. The van der Waals surface area contributed by atoms with Crippen LogP contribution in [0.3, 0.4) is 0 Å². The second kappa shape index (κ2) is 13.5. The van der Waals surface area contributed by atoms with Crippen LogP contribution in [-0.2, 0) is 15.9 Å². The van der Waals surface area contributed by atoms with Gasteiger partial charge in [-0.25, -0.2) is 9.18 Å². The number of hydrogen-bond acceptors (Lipinski definition) is 10. The van der Waals surface area contributed by atoms with E-state index in [9.17, 15) is 9.90 Å². The highest BCUT2D eigenvalue weighted by Gasteiger charge is 2.45. The van der Waals surface area contributed by atoms with Crippen molar-refractivity contribution in [2.75, 3.05) is 37.8 Å². The number of aryl methyl sites for hydroxylation is 1. The van der Waals surface area contributed by atoms with Crippen molar-refractivity contribution in [3.8, 4) is 23.0 Å². The van der Waals surface area contributed by atoms with Crippen molar-refractivity contribution in [2.24, 2.45) is 0 Å². The van der Waals surface area contributed by atoms with Gasteiger partial charge in [-0.15, -0.1) is 0 Å². The Balaban J connectivity index is 1.31. The number of ether oxygens (including phenoxy) is 4. The molecule has 260 valence electrons. The Hall–Kier alpha value is -4.29. The third-order valence-corrected chi connectivity index (χ3v) is 9.43. The number of carbonyl (C=O) groups excluding carboxylic acids is 1. The van der Waals surface area contributed by atoms with E-state index in [4.69, 9.17) is 28.9 Å². The summed E-state index contributed by atoms with van der Waals surface area (Å²) < 4.78 is 40.6. The Morgan fingerprint density at radius 1 is 1.10 bits per heavy atom. The Bertz CT molecular complexity index is 1850. The summed E-state index contributed by atoms with van der Waals surface area (Å²) in [5.74, 6) is 0.448. The zero-order valence-electron chi connectivity index (χ0n) is 28.6. The number of halogens is 1. The Morgan fingerprint density at radius 2 is 1.90 bits per heavy atom. The average Bonchev–Trinajstić information content (AvgIpc) is 3.35. The molecule has 0 radical (unpaired) electrons. The number of aliphatic hydroxyl groups is 1. The summed E-state index contributed by atoms with van der Waals surface area (Å²) in [7, 11) is 0. The van der Waals surface area contributed by atoms with Crippen molar-refractivity contribution < 1.29 is 33.2 Å². The molecule has 49 heavy (non-hydrogen) atoms. The Morgan fingerprint density at radius 3 is 2.59 bits per heavy atom. The molecule has 4 aromatic rings. The van der Waals surface area contributed by atoms with E-state index in [2.05, 4.69) is 16.8 Å². The molecule has 3 unspecified atom stereocenters. The molecule has 2 bridgehead atoms. The zero-order valence-corrected chi connectivity index (χ0v) is 28.6. The maximum Gasteiger partial charge on any atom is 0.410 e. The first-order chi connectivity index (χ1) is 23.6.